The standard InChI is InChI=1S/C20H30N2O/c23-20(21-13-6-16-22-14-4-5-15-22)19-11-9-18(10-12-19)17-7-2-1-3-8-17/h9-12,17H,1-8,13-16H2,(H,21,23). The lowest BCUT2D eigenvalue weighted by Crippen LogP contribution is -2.28. The number of amides is 1. The van der Waals surface area contributed by atoms with E-state index in [0.717, 1.165) is 25.1 Å². The highest BCUT2D eigenvalue weighted by atomic mass is 16.1. The van der Waals surface area contributed by atoms with Gasteiger partial charge < -0.3 is 10.2 Å². The number of carbonyl (C=O) groups excluding carboxylic acids is 1. The van der Waals surface area contributed by atoms with Gasteiger partial charge in [-0.2, -0.15) is 0 Å². The van der Waals surface area contributed by atoms with E-state index >= 15 is 0 Å². The predicted molar refractivity (Wildman–Crippen MR) is 94.9 cm³/mol. The van der Waals surface area contributed by atoms with Crippen molar-refractivity contribution in [2.75, 3.05) is 26.2 Å². The molecule has 0 aromatic heterocycles. The van der Waals surface area contributed by atoms with Gasteiger partial charge in [0, 0.05) is 12.1 Å². The first-order valence-corrected chi connectivity index (χ1v) is 9.43. The average molecular weight is 314 g/mol. The molecular weight excluding hydrogens is 284 g/mol. The second kappa shape index (κ2) is 8.49. The van der Waals surface area contributed by atoms with Gasteiger partial charge in [-0.25, -0.2) is 0 Å². The number of hydrogen-bond donors (Lipinski definition) is 1. The highest BCUT2D eigenvalue weighted by Crippen LogP contribution is 2.32. The number of likely N-dealkylation sites (tertiary alicyclic amines) is 1. The quantitative estimate of drug-likeness (QED) is 0.806. The summed E-state index contributed by atoms with van der Waals surface area (Å²) >= 11 is 0. The van der Waals surface area contributed by atoms with Crippen LogP contribution in [0.3, 0.4) is 0 Å². The van der Waals surface area contributed by atoms with E-state index in [0.29, 0.717) is 5.92 Å². The van der Waals surface area contributed by atoms with Crippen molar-refractivity contribution < 1.29 is 4.79 Å². The molecule has 0 bridgehead atoms. The number of nitrogens with one attached hydrogen (secondary N) is 1. The van der Waals surface area contributed by atoms with Gasteiger partial charge in [-0.15, -0.1) is 0 Å². The summed E-state index contributed by atoms with van der Waals surface area (Å²) in [5.74, 6) is 0.780. The van der Waals surface area contributed by atoms with E-state index in [4.69, 9.17) is 0 Å². The maximum absolute atomic E-state index is 12.2. The van der Waals surface area contributed by atoms with Crippen molar-refractivity contribution in [3.05, 3.63) is 35.4 Å². The Bertz CT molecular complexity index is 485. The summed E-state index contributed by atoms with van der Waals surface area (Å²) in [7, 11) is 0. The van der Waals surface area contributed by atoms with E-state index in [2.05, 4.69) is 22.3 Å². The molecule has 0 unspecified atom stereocenters. The molecule has 3 rings (SSSR count). The maximum Gasteiger partial charge on any atom is 0.251 e. The van der Waals surface area contributed by atoms with Gasteiger partial charge in [0.25, 0.3) is 5.91 Å². The van der Waals surface area contributed by atoms with Crippen molar-refractivity contribution in [1.29, 1.82) is 0 Å². The second-order valence-corrected chi connectivity index (χ2v) is 7.12. The lowest BCUT2D eigenvalue weighted by molar-refractivity contribution is 0.0952. The van der Waals surface area contributed by atoms with Gasteiger partial charge in [0.1, 0.15) is 0 Å². The predicted octanol–water partition coefficient (Wildman–Crippen LogP) is 3.95. The number of hydrogen-bond acceptors (Lipinski definition) is 2. The molecule has 1 saturated carbocycles. The van der Waals surface area contributed by atoms with Crippen LogP contribution in [0, 0.1) is 0 Å². The average Bonchev–Trinajstić information content (AvgIpc) is 3.13. The monoisotopic (exact) mass is 314 g/mol. The molecule has 2 fully saturated rings. The first-order chi connectivity index (χ1) is 11.3. The summed E-state index contributed by atoms with van der Waals surface area (Å²) < 4.78 is 0. The van der Waals surface area contributed by atoms with Gasteiger partial charge in [0.15, 0.2) is 0 Å². The highest BCUT2D eigenvalue weighted by Gasteiger charge is 2.16. The number of benzene rings is 1. The normalized spacial score (nSPS) is 19.8. The lowest BCUT2D eigenvalue weighted by Gasteiger charge is -2.22. The van der Waals surface area contributed by atoms with Gasteiger partial charge in [-0.1, -0.05) is 31.4 Å². The van der Waals surface area contributed by atoms with Crippen LogP contribution in [-0.2, 0) is 0 Å². The molecule has 2 aliphatic rings. The minimum atomic E-state index is 0.0709. The molecule has 1 saturated heterocycles. The zero-order valence-corrected chi connectivity index (χ0v) is 14.2. The molecule has 1 aliphatic heterocycles. The second-order valence-electron chi connectivity index (χ2n) is 7.12. The molecule has 1 aliphatic carbocycles. The van der Waals surface area contributed by atoms with E-state index < -0.39 is 0 Å². The van der Waals surface area contributed by atoms with Crippen molar-refractivity contribution in [2.45, 2.75) is 57.3 Å². The number of rotatable bonds is 6. The van der Waals surface area contributed by atoms with E-state index in [1.54, 1.807) is 0 Å². The van der Waals surface area contributed by atoms with Crippen LogP contribution in [0.25, 0.3) is 0 Å². The summed E-state index contributed by atoms with van der Waals surface area (Å²) in [5.41, 5.74) is 2.21. The van der Waals surface area contributed by atoms with Crippen LogP contribution < -0.4 is 5.32 Å². The number of carbonyl (C=O) groups is 1. The van der Waals surface area contributed by atoms with Gasteiger partial charge >= 0.3 is 0 Å². The van der Waals surface area contributed by atoms with Crippen LogP contribution in [0.5, 0.6) is 0 Å². The third kappa shape index (κ3) is 4.81. The van der Waals surface area contributed by atoms with Crippen molar-refractivity contribution in [1.82, 2.24) is 10.2 Å². The molecule has 1 heterocycles. The van der Waals surface area contributed by atoms with Gasteiger partial charge in [-0.05, 0) is 75.4 Å². The summed E-state index contributed by atoms with van der Waals surface area (Å²) in [6.07, 6.45) is 10.4. The Balaban J connectivity index is 1.41. The molecule has 3 heteroatoms. The van der Waals surface area contributed by atoms with Gasteiger partial charge in [0.2, 0.25) is 0 Å². The molecule has 0 radical (unpaired) electrons. The Morgan fingerprint density at radius 3 is 2.39 bits per heavy atom. The van der Waals surface area contributed by atoms with Crippen molar-refractivity contribution >= 4 is 5.91 Å². The first kappa shape index (κ1) is 16.5. The van der Waals surface area contributed by atoms with Crippen LogP contribution in [-0.4, -0.2) is 37.0 Å². The fourth-order valence-corrected chi connectivity index (χ4v) is 3.96. The maximum atomic E-state index is 12.2. The third-order valence-corrected chi connectivity index (χ3v) is 5.38. The molecule has 1 N–H and O–H groups in total. The molecule has 1 aromatic carbocycles. The molecule has 1 aromatic rings. The van der Waals surface area contributed by atoms with Crippen LogP contribution in [0.2, 0.25) is 0 Å². The third-order valence-electron chi connectivity index (χ3n) is 5.38. The topological polar surface area (TPSA) is 32.3 Å². The van der Waals surface area contributed by atoms with Crippen molar-refractivity contribution in [3.8, 4) is 0 Å². The van der Waals surface area contributed by atoms with E-state index in [9.17, 15) is 4.79 Å². The summed E-state index contributed by atoms with van der Waals surface area (Å²) in [6.45, 7) is 4.35. The summed E-state index contributed by atoms with van der Waals surface area (Å²) in [6, 6.07) is 8.32. The SMILES string of the molecule is O=C(NCCCN1CCCC1)c1ccc(C2CCCCC2)cc1. The lowest BCUT2D eigenvalue weighted by atomic mass is 9.84. The molecule has 0 atom stereocenters. The molecule has 3 nitrogen and oxygen atoms in total. The van der Waals surface area contributed by atoms with Gasteiger partial charge in [-0.3, -0.25) is 4.79 Å². The zero-order valence-electron chi connectivity index (χ0n) is 14.2. The Labute approximate surface area is 140 Å². The zero-order chi connectivity index (χ0) is 15.9. The van der Waals surface area contributed by atoms with Crippen LogP contribution >= 0.6 is 0 Å². The minimum absolute atomic E-state index is 0.0709. The van der Waals surface area contributed by atoms with E-state index in [-0.39, 0.29) is 5.91 Å². The Morgan fingerprint density at radius 1 is 1.00 bits per heavy atom. The van der Waals surface area contributed by atoms with Crippen LogP contribution in [0.4, 0.5) is 0 Å². The number of nitrogens with zero attached hydrogens (tertiary/aromatic N) is 1. The Kier molecular flexibility index (Phi) is 6.09. The van der Waals surface area contributed by atoms with E-state index in [1.165, 1.54) is 63.6 Å². The Hall–Kier alpha value is -1.35. The summed E-state index contributed by atoms with van der Waals surface area (Å²) in [5, 5.41) is 3.06. The fourth-order valence-electron chi connectivity index (χ4n) is 3.96. The van der Waals surface area contributed by atoms with Crippen LogP contribution in [0.15, 0.2) is 24.3 Å². The van der Waals surface area contributed by atoms with Gasteiger partial charge in [0.05, 0.1) is 0 Å². The molecular formula is C20H30N2O. The van der Waals surface area contributed by atoms with Crippen LogP contribution in [0.1, 0.15) is 73.2 Å². The van der Waals surface area contributed by atoms with Crippen molar-refractivity contribution in [3.63, 3.8) is 0 Å². The smallest absolute Gasteiger partial charge is 0.251 e. The minimum Gasteiger partial charge on any atom is -0.352 e. The summed E-state index contributed by atoms with van der Waals surface area (Å²) in [4.78, 5) is 14.7. The molecule has 126 valence electrons. The first-order valence-electron chi connectivity index (χ1n) is 9.43. The molecule has 0 spiro atoms. The molecule has 1 amide bonds. The fraction of sp³-hybridized carbons (Fsp3) is 0.650. The molecule has 23 heavy (non-hydrogen) atoms. The van der Waals surface area contributed by atoms with E-state index in [1.807, 2.05) is 12.1 Å². The Morgan fingerprint density at radius 2 is 1.70 bits per heavy atom. The largest absolute Gasteiger partial charge is 0.352 e. The highest BCUT2D eigenvalue weighted by molar-refractivity contribution is 5.94. The van der Waals surface area contributed by atoms with Crippen molar-refractivity contribution in [2.24, 2.45) is 0 Å².